The second-order valence-electron chi connectivity index (χ2n) is 4.56. The molecule has 0 saturated heterocycles. The number of sulfonamides is 1. The Labute approximate surface area is 137 Å². The Morgan fingerprint density at radius 1 is 1.33 bits per heavy atom. The lowest BCUT2D eigenvalue weighted by Crippen LogP contribution is -2.14. The average molecular weight is 390 g/mol. The molecule has 0 spiro atoms. The summed E-state index contributed by atoms with van der Waals surface area (Å²) in [6, 6.07) is 5.17. The SMILES string of the molecule is CNCc1ccc(S(=O)(=O)Nc2nc(C)c(C)s2)c(Br)c1. The first-order valence-corrected chi connectivity index (χ1v) is 9.32. The van der Waals surface area contributed by atoms with Gasteiger partial charge in [-0.05, 0) is 54.5 Å². The molecular weight excluding hydrogens is 374 g/mol. The second-order valence-corrected chi connectivity index (χ2v) is 8.27. The van der Waals surface area contributed by atoms with Crippen LogP contribution < -0.4 is 10.0 Å². The number of thiazole rings is 1. The van der Waals surface area contributed by atoms with Crippen molar-refractivity contribution in [1.29, 1.82) is 0 Å². The molecule has 1 heterocycles. The predicted octanol–water partition coefficient (Wildman–Crippen LogP) is 3.04. The van der Waals surface area contributed by atoms with E-state index >= 15 is 0 Å². The quantitative estimate of drug-likeness (QED) is 0.823. The van der Waals surface area contributed by atoms with E-state index in [0.717, 1.165) is 16.1 Å². The van der Waals surface area contributed by atoms with Crippen LogP contribution in [-0.4, -0.2) is 20.4 Å². The molecule has 0 saturated carbocycles. The summed E-state index contributed by atoms with van der Waals surface area (Å²) in [6.45, 7) is 4.44. The van der Waals surface area contributed by atoms with Crippen LogP contribution in [0.1, 0.15) is 16.1 Å². The minimum absolute atomic E-state index is 0.202. The van der Waals surface area contributed by atoms with Crippen LogP contribution >= 0.6 is 27.3 Å². The number of aromatic nitrogens is 1. The summed E-state index contributed by atoms with van der Waals surface area (Å²) in [5, 5.41) is 3.41. The number of anilines is 1. The first-order valence-electron chi connectivity index (χ1n) is 6.23. The second kappa shape index (κ2) is 6.43. The van der Waals surface area contributed by atoms with Gasteiger partial charge in [-0.2, -0.15) is 0 Å². The molecule has 2 rings (SSSR count). The zero-order valence-electron chi connectivity index (χ0n) is 11.9. The Morgan fingerprint density at radius 2 is 2.05 bits per heavy atom. The standard InChI is InChI=1S/C13H16BrN3O2S2/c1-8-9(2)20-13(16-8)17-21(18,19)12-5-4-10(7-15-3)6-11(12)14/h4-6,15H,7H2,1-3H3,(H,16,17). The molecule has 0 radical (unpaired) electrons. The van der Waals surface area contributed by atoms with Crippen LogP contribution in [-0.2, 0) is 16.6 Å². The monoisotopic (exact) mass is 389 g/mol. The summed E-state index contributed by atoms with van der Waals surface area (Å²) < 4.78 is 27.9. The number of nitrogens with zero attached hydrogens (tertiary/aromatic N) is 1. The van der Waals surface area contributed by atoms with Gasteiger partial charge in [0, 0.05) is 15.9 Å². The molecule has 21 heavy (non-hydrogen) atoms. The van der Waals surface area contributed by atoms with Crippen molar-refractivity contribution in [3.05, 3.63) is 38.8 Å². The van der Waals surface area contributed by atoms with Crippen molar-refractivity contribution >= 4 is 42.4 Å². The predicted molar refractivity (Wildman–Crippen MR) is 89.3 cm³/mol. The zero-order valence-corrected chi connectivity index (χ0v) is 15.1. The van der Waals surface area contributed by atoms with E-state index < -0.39 is 10.0 Å². The third-order valence-electron chi connectivity index (χ3n) is 2.92. The third kappa shape index (κ3) is 3.82. The molecule has 2 aromatic rings. The van der Waals surface area contributed by atoms with Crippen molar-refractivity contribution in [3.8, 4) is 0 Å². The Hall–Kier alpha value is -0.960. The highest BCUT2D eigenvalue weighted by molar-refractivity contribution is 9.10. The molecule has 0 amide bonds. The Morgan fingerprint density at radius 3 is 2.57 bits per heavy atom. The van der Waals surface area contributed by atoms with Gasteiger partial charge in [0.25, 0.3) is 10.0 Å². The molecule has 8 heteroatoms. The van der Waals surface area contributed by atoms with Crippen molar-refractivity contribution in [1.82, 2.24) is 10.3 Å². The Balaban J connectivity index is 2.31. The van der Waals surface area contributed by atoms with Crippen LogP contribution in [0.3, 0.4) is 0 Å². The van der Waals surface area contributed by atoms with Crippen molar-refractivity contribution < 1.29 is 8.42 Å². The largest absolute Gasteiger partial charge is 0.316 e. The molecule has 0 aliphatic heterocycles. The first kappa shape index (κ1) is 16.4. The van der Waals surface area contributed by atoms with E-state index in [1.807, 2.05) is 20.9 Å². The molecule has 0 fully saturated rings. The van der Waals surface area contributed by atoms with Crippen LogP contribution in [0.4, 0.5) is 5.13 Å². The molecule has 0 aliphatic rings. The average Bonchev–Trinajstić information content (AvgIpc) is 2.67. The zero-order chi connectivity index (χ0) is 15.6. The van der Waals surface area contributed by atoms with E-state index in [4.69, 9.17) is 0 Å². The normalized spacial score (nSPS) is 11.6. The molecule has 2 N–H and O–H groups in total. The van der Waals surface area contributed by atoms with Crippen LogP contribution in [0, 0.1) is 13.8 Å². The van der Waals surface area contributed by atoms with Gasteiger partial charge in [-0.1, -0.05) is 6.07 Å². The number of hydrogen-bond donors (Lipinski definition) is 2. The van der Waals surface area contributed by atoms with Crippen LogP contribution in [0.25, 0.3) is 0 Å². The van der Waals surface area contributed by atoms with Crippen LogP contribution in [0.5, 0.6) is 0 Å². The van der Waals surface area contributed by atoms with Gasteiger partial charge in [-0.25, -0.2) is 13.4 Å². The maximum atomic E-state index is 12.4. The molecule has 0 unspecified atom stereocenters. The Kier molecular flexibility index (Phi) is 5.03. The molecule has 0 aliphatic carbocycles. The highest BCUT2D eigenvalue weighted by Crippen LogP contribution is 2.28. The lowest BCUT2D eigenvalue weighted by atomic mass is 10.2. The number of benzene rings is 1. The molecule has 0 bridgehead atoms. The summed E-state index contributed by atoms with van der Waals surface area (Å²) in [4.78, 5) is 5.40. The van der Waals surface area contributed by atoms with Crippen molar-refractivity contribution in [3.63, 3.8) is 0 Å². The summed E-state index contributed by atoms with van der Waals surface area (Å²) in [5.74, 6) is 0. The fourth-order valence-electron chi connectivity index (χ4n) is 1.76. The smallest absolute Gasteiger partial charge is 0.264 e. The van der Waals surface area contributed by atoms with Crippen LogP contribution in [0.2, 0.25) is 0 Å². The first-order chi connectivity index (χ1) is 9.83. The van der Waals surface area contributed by atoms with Gasteiger partial charge in [0.1, 0.15) is 4.90 Å². The summed E-state index contributed by atoms with van der Waals surface area (Å²) in [6.07, 6.45) is 0. The molecule has 5 nitrogen and oxygen atoms in total. The van der Waals surface area contributed by atoms with Crippen molar-refractivity contribution in [2.75, 3.05) is 11.8 Å². The summed E-state index contributed by atoms with van der Waals surface area (Å²) in [5.41, 5.74) is 1.84. The fraction of sp³-hybridized carbons (Fsp3) is 0.308. The molecular formula is C13H16BrN3O2S2. The summed E-state index contributed by atoms with van der Waals surface area (Å²) in [7, 11) is -1.81. The van der Waals surface area contributed by atoms with E-state index in [-0.39, 0.29) is 4.90 Å². The van der Waals surface area contributed by atoms with Gasteiger partial charge in [-0.3, -0.25) is 4.72 Å². The van der Waals surface area contributed by atoms with E-state index in [1.165, 1.54) is 11.3 Å². The topological polar surface area (TPSA) is 71.1 Å². The molecule has 1 aromatic carbocycles. The van der Waals surface area contributed by atoms with E-state index in [2.05, 4.69) is 31.0 Å². The van der Waals surface area contributed by atoms with E-state index in [9.17, 15) is 8.42 Å². The molecule has 0 atom stereocenters. The molecule has 114 valence electrons. The van der Waals surface area contributed by atoms with Gasteiger partial charge in [-0.15, -0.1) is 11.3 Å². The van der Waals surface area contributed by atoms with Gasteiger partial charge in [0.05, 0.1) is 5.69 Å². The third-order valence-corrected chi connectivity index (χ3v) is 6.35. The minimum atomic E-state index is -3.65. The van der Waals surface area contributed by atoms with Crippen molar-refractivity contribution in [2.24, 2.45) is 0 Å². The lowest BCUT2D eigenvalue weighted by molar-refractivity contribution is 0.600. The highest BCUT2D eigenvalue weighted by atomic mass is 79.9. The van der Waals surface area contributed by atoms with Crippen molar-refractivity contribution in [2.45, 2.75) is 25.3 Å². The van der Waals surface area contributed by atoms with Gasteiger partial charge >= 0.3 is 0 Å². The molecule has 1 aromatic heterocycles. The van der Waals surface area contributed by atoms with Gasteiger partial charge < -0.3 is 5.32 Å². The number of halogens is 1. The van der Waals surface area contributed by atoms with Crippen LogP contribution in [0.15, 0.2) is 27.6 Å². The van der Waals surface area contributed by atoms with Gasteiger partial charge in [0.2, 0.25) is 0 Å². The summed E-state index contributed by atoms with van der Waals surface area (Å²) >= 11 is 4.65. The fourth-order valence-corrected chi connectivity index (χ4v) is 4.94. The number of rotatable bonds is 5. The number of hydrogen-bond acceptors (Lipinski definition) is 5. The maximum Gasteiger partial charge on any atom is 0.264 e. The van der Waals surface area contributed by atoms with Gasteiger partial charge in [0.15, 0.2) is 5.13 Å². The number of aryl methyl sites for hydroxylation is 2. The highest BCUT2D eigenvalue weighted by Gasteiger charge is 2.20. The van der Waals surface area contributed by atoms with E-state index in [1.54, 1.807) is 18.2 Å². The van der Waals surface area contributed by atoms with E-state index in [0.29, 0.717) is 16.1 Å². The number of nitrogens with one attached hydrogen (secondary N) is 2. The minimum Gasteiger partial charge on any atom is -0.316 e. The maximum absolute atomic E-state index is 12.4. The lowest BCUT2D eigenvalue weighted by Gasteiger charge is -2.09. The Bertz CT molecular complexity index is 737.